The van der Waals surface area contributed by atoms with E-state index in [1.165, 1.54) is 11.8 Å². The van der Waals surface area contributed by atoms with Crippen LogP contribution in [0.4, 0.5) is 0 Å². The molecule has 3 aromatic carbocycles. The molecular weight excluding hydrogens is 553 g/mol. The highest BCUT2D eigenvalue weighted by Crippen LogP contribution is 2.36. The summed E-state index contributed by atoms with van der Waals surface area (Å²) in [5.74, 6) is 1.40. The molecular formula is C26H22BrCl2N3O3. The van der Waals surface area contributed by atoms with Crippen molar-refractivity contribution < 1.29 is 9.47 Å². The van der Waals surface area contributed by atoms with Gasteiger partial charge in [0, 0.05) is 15.4 Å². The SMILES string of the molecule is COc1cc(C=Nn2c(C(C)C)nc3ccc(Br)cc3c2=O)cc(Cl)c1OCc1ccc(Cl)cc1. The third-order valence-electron chi connectivity index (χ3n) is 5.22. The van der Waals surface area contributed by atoms with Crippen LogP contribution in [0.2, 0.25) is 10.0 Å². The molecule has 0 unspecified atom stereocenters. The van der Waals surface area contributed by atoms with Gasteiger partial charge in [0.1, 0.15) is 12.4 Å². The van der Waals surface area contributed by atoms with Gasteiger partial charge in [0.2, 0.25) is 0 Å². The van der Waals surface area contributed by atoms with E-state index in [0.29, 0.717) is 50.4 Å². The normalized spacial score (nSPS) is 11.5. The van der Waals surface area contributed by atoms with E-state index in [9.17, 15) is 4.79 Å². The number of nitrogens with zero attached hydrogens (tertiary/aromatic N) is 3. The number of hydrogen-bond acceptors (Lipinski definition) is 5. The largest absolute Gasteiger partial charge is 0.493 e. The van der Waals surface area contributed by atoms with Crippen LogP contribution in [0.5, 0.6) is 11.5 Å². The Morgan fingerprint density at radius 1 is 1.11 bits per heavy atom. The molecule has 0 radical (unpaired) electrons. The summed E-state index contributed by atoms with van der Waals surface area (Å²) in [6, 6.07) is 16.2. The zero-order valence-electron chi connectivity index (χ0n) is 19.3. The van der Waals surface area contributed by atoms with Crippen LogP contribution >= 0.6 is 39.1 Å². The molecule has 0 aliphatic carbocycles. The van der Waals surface area contributed by atoms with E-state index in [1.807, 2.05) is 38.1 Å². The van der Waals surface area contributed by atoms with Crippen molar-refractivity contribution in [2.45, 2.75) is 26.4 Å². The van der Waals surface area contributed by atoms with Crippen molar-refractivity contribution in [1.29, 1.82) is 0 Å². The predicted octanol–water partition coefficient (Wildman–Crippen LogP) is 7.06. The first kappa shape index (κ1) is 25.2. The van der Waals surface area contributed by atoms with Gasteiger partial charge in [0.25, 0.3) is 5.56 Å². The summed E-state index contributed by atoms with van der Waals surface area (Å²) in [6.07, 6.45) is 1.55. The van der Waals surface area contributed by atoms with Crippen molar-refractivity contribution in [1.82, 2.24) is 9.66 Å². The van der Waals surface area contributed by atoms with E-state index in [4.69, 9.17) is 32.7 Å². The van der Waals surface area contributed by atoms with Gasteiger partial charge >= 0.3 is 0 Å². The van der Waals surface area contributed by atoms with E-state index < -0.39 is 0 Å². The van der Waals surface area contributed by atoms with E-state index in [1.54, 1.807) is 36.5 Å². The molecule has 6 nitrogen and oxygen atoms in total. The average molecular weight is 575 g/mol. The first-order chi connectivity index (χ1) is 16.8. The molecule has 0 aliphatic rings. The molecule has 0 aliphatic heterocycles. The van der Waals surface area contributed by atoms with Crippen LogP contribution in [-0.4, -0.2) is 23.0 Å². The lowest BCUT2D eigenvalue weighted by molar-refractivity contribution is 0.284. The Hall–Kier alpha value is -2.87. The van der Waals surface area contributed by atoms with Crippen molar-refractivity contribution in [3.63, 3.8) is 0 Å². The van der Waals surface area contributed by atoms with E-state index in [2.05, 4.69) is 26.0 Å². The first-order valence-corrected chi connectivity index (χ1v) is 12.3. The van der Waals surface area contributed by atoms with Gasteiger partial charge < -0.3 is 9.47 Å². The van der Waals surface area contributed by atoms with Crippen LogP contribution in [0, 0.1) is 0 Å². The summed E-state index contributed by atoms with van der Waals surface area (Å²) < 4.78 is 13.5. The van der Waals surface area contributed by atoms with Gasteiger partial charge in [-0.05, 0) is 53.6 Å². The number of halogens is 3. The summed E-state index contributed by atoms with van der Waals surface area (Å²) in [7, 11) is 1.54. The lowest BCUT2D eigenvalue weighted by Gasteiger charge is -2.14. The van der Waals surface area contributed by atoms with Crippen LogP contribution in [0.15, 0.2) is 69.0 Å². The molecule has 180 valence electrons. The zero-order chi connectivity index (χ0) is 25.1. The van der Waals surface area contributed by atoms with Crippen LogP contribution in [0.1, 0.15) is 36.7 Å². The number of methoxy groups -OCH3 is 1. The van der Waals surface area contributed by atoms with Crippen molar-refractivity contribution in [2.24, 2.45) is 5.10 Å². The summed E-state index contributed by atoms with van der Waals surface area (Å²) in [4.78, 5) is 17.9. The Kier molecular flexibility index (Phi) is 7.79. The number of aromatic nitrogens is 2. The van der Waals surface area contributed by atoms with Crippen molar-refractivity contribution in [2.75, 3.05) is 7.11 Å². The minimum Gasteiger partial charge on any atom is -0.493 e. The average Bonchev–Trinajstić information content (AvgIpc) is 2.83. The van der Waals surface area contributed by atoms with E-state index in [0.717, 1.165) is 10.0 Å². The monoisotopic (exact) mass is 573 g/mol. The highest BCUT2D eigenvalue weighted by molar-refractivity contribution is 9.10. The zero-order valence-corrected chi connectivity index (χ0v) is 22.4. The minimum absolute atomic E-state index is 0.0188. The molecule has 0 fully saturated rings. The molecule has 9 heteroatoms. The topological polar surface area (TPSA) is 65.7 Å². The van der Waals surface area contributed by atoms with Gasteiger partial charge in [-0.3, -0.25) is 4.79 Å². The second kappa shape index (κ2) is 10.8. The van der Waals surface area contributed by atoms with Crippen molar-refractivity contribution in [3.8, 4) is 11.5 Å². The molecule has 0 bridgehead atoms. The first-order valence-electron chi connectivity index (χ1n) is 10.8. The summed E-state index contributed by atoms with van der Waals surface area (Å²) in [6.45, 7) is 4.22. The maximum atomic E-state index is 13.2. The molecule has 0 saturated heterocycles. The molecule has 0 amide bonds. The summed E-state index contributed by atoms with van der Waals surface area (Å²) >= 11 is 15.9. The molecule has 0 N–H and O–H groups in total. The van der Waals surface area contributed by atoms with E-state index >= 15 is 0 Å². The maximum Gasteiger partial charge on any atom is 0.282 e. The fraction of sp³-hybridized carbons (Fsp3) is 0.192. The van der Waals surface area contributed by atoms with Crippen LogP contribution < -0.4 is 15.0 Å². The molecule has 1 heterocycles. The van der Waals surface area contributed by atoms with Gasteiger partial charge in [-0.2, -0.15) is 9.78 Å². The lowest BCUT2D eigenvalue weighted by Crippen LogP contribution is -2.23. The third kappa shape index (κ3) is 5.69. The lowest BCUT2D eigenvalue weighted by atomic mass is 10.2. The third-order valence-corrected chi connectivity index (χ3v) is 6.25. The minimum atomic E-state index is -0.253. The molecule has 4 aromatic rings. The molecule has 35 heavy (non-hydrogen) atoms. The number of fused-ring (bicyclic) bond motifs is 1. The van der Waals surface area contributed by atoms with Crippen LogP contribution in [0.3, 0.4) is 0 Å². The summed E-state index contributed by atoms with van der Waals surface area (Å²) in [5.41, 5.74) is 1.95. The van der Waals surface area contributed by atoms with Crippen molar-refractivity contribution >= 4 is 56.2 Å². The number of rotatable bonds is 7. The smallest absolute Gasteiger partial charge is 0.282 e. The second-order valence-electron chi connectivity index (χ2n) is 8.10. The fourth-order valence-corrected chi connectivity index (χ4v) is 4.23. The Bertz CT molecular complexity index is 1470. The van der Waals surface area contributed by atoms with Crippen molar-refractivity contribution in [3.05, 3.63) is 96.4 Å². The Labute approximate surface area is 221 Å². The molecule has 4 rings (SSSR count). The van der Waals surface area contributed by atoms with Gasteiger partial charge in [-0.1, -0.05) is 65.1 Å². The molecule has 1 aromatic heterocycles. The highest BCUT2D eigenvalue weighted by Gasteiger charge is 2.15. The van der Waals surface area contributed by atoms with Gasteiger partial charge in [0.05, 0.1) is 29.2 Å². The van der Waals surface area contributed by atoms with Gasteiger partial charge in [-0.15, -0.1) is 0 Å². The number of hydrogen-bond donors (Lipinski definition) is 0. The Balaban J connectivity index is 1.68. The van der Waals surface area contributed by atoms with Crippen LogP contribution in [-0.2, 0) is 6.61 Å². The second-order valence-corrected chi connectivity index (χ2v) is 9.86. The number of ether oxygens (including phenoxy) is 2. The Morgan fingerprint density at radius 3 is 2.54 bits per heavy atom. The van der Waals surface area contributed by atoms with E-state index in [-0.39, 0.29) is 11.5 Å². The number of benzene rings is 3. The quantitative estimate of drug-likeness (QED) is 0.222. The summed E-state index contributed by atoms with van der Waals surface area (Å²) in [5, 5.41) is 5.95. The van der Waals surface area contributed by atoms with Crippen LogP contribution in [0.25, 0.3) is 10.9 Å². The standard InChI is InChI=1S/C26H22BrCl2N3O3/c1-15(2)25-31-22-9-6-18(27)12-20(22)26(33)32(25)30-13-17-10-21(29)24(23(11-17)34-3)35-14-16-4-7-19(28)8-5-16/h4-13,15H,14H2,1-3H3. The highest BCUT2D eigenvalue weighted by atomic mass is 79.9. The Morgan fingerprint density at radius 2 is 1.86 bits per heavy atom. The maximum absolute atomic E-state index is 13.2. The van der Waals surface area contributed by atoms with Gasteiger partial charge in [0.15, 0.2) is 11.5 Å². The molecule has 0 spiro atoms. The van der Waals surface area contributed by atoms with Gasteiger partial charge in [-0.25, -0.2) is 4.98 Å². The fourth-order valence-electron chi connectivity index (χ4n) is 3.47. The predicted molar refractivity (Wildman–Crippen MR) is 145 cm³/mol. The molecule has 0 atom stereocenters. The molecule has 0 saturated carbocycles.